The van der Waals surface area contributed by atoms with Gasteiger partial charge >= 0.3 is 0 Å². The predicted molar refractivity (Wildman–Crippen MR) is 101 cm³/mol. The molecule has 27 heavy (non-hydrogen) atoms. The third-order valence-electron chi connectivity index (χ3n) is 5.56. The molecule has 0 saturated carbocycles. The van der Waals surface area contributed by atoms with Gasteiger partial charge in [-0.3, -0.25) is 14.5 Å². The number of H-pyrrole nitrogens is 1. The van der Waals surface area contributed by atoms with Crippen molar-refractivity contribution in [3.8, 4) is 5.75 Å². The van der Waals surface area contributed by atoms with Crippen molar-refractivity contribution in [1.29, 1.82) is 0 Å². The molecule has 5 rings (SSSR count). The molecular weight excluding hydrogens is 344 g/mol. The molecule has 2 aromatic rings. The van der Waals surface area contributed by atoms with Crippen LogP contribution in [0.3, 0.4) is 0 Å². The van der Waals surface area contributed by atoms with Crippen LogP contribution in [0.1, 0.15) is 28.8 Å². The topological polar surface area (TPSA) is 78.5 Å². The van der Waals surface area contributed by atoms with Crippen molar-refractivity contribution in [2.24, 2.45) is 5.92 Å². The highest BCUT2D eigenvalue weighted by Crippen LogP contribution is 2.29. The molecule has 1 aromatic heterocycles. The Morgan fingerprint density at radius 2 is 2.04 bits per heavy atom. The molecule has 1 amide bonds. The summed E-state index contributed by atoms with van der Waals surface area (Å²) < 4.78 is 5.22. The van der Waals surface area contributed by atoms with Gasteiger partial charge in [-0.05, 0) is 36.5 Å². The minimum absolute atomic E-state index is 0.131. The number of carbonyl (C=O) groups excluding carboxylic acids is 1. The summed E-state index contributed by atoms with van der Waals surface area (Å²) in [5, 5.41) is 0. The Balaban J connectivity index is 1.49. The van der Waals surface area contributed by atoms with Crippen molar-refractivity contribution in [3.63, 3.8) is 0 Å². The first kappa shape index (κ1) is 17.7. The van der Waals surface area contributed by atoms with Crippen molar-refractivity contribution >= 4 is 5.91 Å². The maximum Gasteiger partial charge on any atom is 0.263 e. The number of piperidine rings is 1. The van der Waals surface area contributed by atoms with Gasteiger partial charge in [0.15, 0.2) is 0 Å². The van der Waals surface area contributed by atoms with Crippen LogP contribution < -0.4 is 10.3 Å². The Labute approximate surface area is 158 Å². The Hall–Kier alpha value is -2.67. The summed E-state index contributed by atoms with van der Waals surface area (Å²) in [6.07, 6.45) is 4.78. The van der Waals surface area contributed by atoms with Crippen LogP contribution in [0.2, 0.25) is 0 Å². The lowest BCUT2D eigenvalue weighted by Gasteiger charge is -2.36. The first-order valence-electron chi connectivity index (χ1n) is 9.33. The molecule has 2 atom stereocenters. The Morgan fingerprint density at radius 3 is 2.78 bits per heavy atom. The Bertz CT molecular complexity index is 864. The number of benzene rings is 1. The molecule has 0 spiro atoms. The van der Waals surface area contributed by atoms with Gasteiger partial charge in [0.2, 0.25) is 0 Å². The average molecular weight is 368 g/mol. The van der Waals surface area contributed by atoms with Gasteiger partial charge in [-0.1, -0.05) is 12.1 Å². The number of rotatable bonds is 4. The molecule has 3 aliphatic rings. The summed E-state index contributed by atoms with van der Waals surface area (Å²) in [4.78, 5) is 35.6. The van der Waals surface area contributed by atoms with E-state index in [1.165, 1.54) is 18.1 Å². The number of nitrogens with zero attached hydrogens (tertiary/aromatic N) is 3. The van der Waals surface area contributed by atoms with Crippen LogP contribution in [0.4, 0.5) is 0 Å². The monoisotopic (exact) mass is 368 g/mol. The van der Waals surface area contributed by atoms with Gasteiger partial charge in [0.1, 0.15) is 11.3 Å². The maximum atomic E-state index is 12.9. The summed E-state index contributed by atoms with van der Waals surface area (Å²) in [6, 6.07) is 8.26. The number of aromatic amines is 1. The van der Waals surface area contributed by atoms with Gasteiger partial charge in [-0.2, -0.15) is 0 Å². The molecule has 142 valence electrons. The summed E-state index contributed by atoms with van der Waals surface area (Å²) >= 11 is 0. The van der Waals surface area contributed by atoms with Gasteiger partial charge in [0.05, 0.1) is 13.4 Å². The normalized spacial score (nSPS) is 22.5. The van der Waals surface area contributed by atoms with E-state index in [9.17, 15) is 9.59 Å². The van der Waals surface area contributed by atoms with E-state index >= 15 is 0 Å². The highest BCUT2D eigenvalue weighted by molar-refractivity contribution is 5.93. The molecule has 0 unspecified atom stereocenters. The second kappa shape index (κ2) is 7.52. The van der Waals surface area contributed by atoms with Gasteiger partial charge in [-0.15, -0.1) is 0 Å². The molecule has 0 aliphatic carbocycles. The van der Waals surface area contributed by atoms with Crippen LogP contribution in [0.5, 0.6) is 5.75 Å². The van der Waals surface area contributed by atoms with E-state index in [0.29, 0.717) is 12.5 Å². The average Bonchev–Trinajstić information content (AvgIpc) is 2.99. The number of nitrogens with one attached hydrogen (secondary N) is 1. The summed E-state index contributed by atoms with van der Waals surface area (Å²) in [5.74, 6) is 1.08. The lowest BCUT2D eigenvalue weighted by atomic mass is 9.94. The SMILES string of the molecule is COc1ccc(CN2C[C@H]3CC[C@@H](C2)N(C(=O)c2cnc[nH]c2=O)C3)cc1. The zero-order chi connectivity index (χ0) is 18.8. The highest BCUT2D eigenvalue weighted by Gasteiger charge is 2.38. The third kappa shape index (κ3) is 3.73. The minimum Gasteiger partial charge on any atom is -0.497 e. The van der Waals surface area contributed by atoms with E-state index in [-0.39, 0.29) is 23.1 Å². The molecule has 3 saturated heterocycles. The predicted octanol–water partition coefficient (Wildman–Crippen LogP) is 1.52. The first-order valence-corrected chi connectivity index (χ1v) is 9.33. The van der Waals surface area contributed by atoms with Crippen LogP contribution in [-0.4, -0.2) is 58.5 Å². The van der Waals surface area contributed by atoms with Crippen LogP contribution in [0, 0.1) is 5.92 Å². The molecule has 0 radical (unpaired) electrons. The second-order valence-electron chi connectivity index (χ2n) is 7.39. The fourth-order valence-electron chi connectivity index (χ4n) is 4.20. The van der Waals surface area contributed by atoms with Crippen molar-refractivity contribution in [2.45, 2.75) is 25.4 Å². The zero-order valence-electron chi connectivity index (χ0n) is 15.4. The van der Waals surface area contributed by atoms with E-state index in [1.54, 1.807) is 7.11 Å². The first-order chi connectivity index (χ1) is 13.1. The number of amides is 1. The van der Waals surface area contributed by atoms with Gasteiger partial charge in [0, 0.05) is 38.4 Å². The summed E-state index contributed by atoms with van der Waals surface area (Å²) in [7, 11) is 1.67. The number of fused-ring (bicyclic) bond motifs is 4. The number of hydrogen-bond donors (Lipinski definition) is 1. The summed E-state index contributed by atoms with van der Waals surface area (Å²) in [5.41, 5.74) is 0.996. The summed E-state index contributed by atoms with van der Waals surface area (Å²) in [6.45, 7) is 3.35. The Kier molecular flexibility index (Phi) is 4.94. The van der Waals surface area contributed by atoms with Gasteiger partial charge in [-0.25, -0.2) is 4.98 Å². The largest absolute Gasteiger partial charge is 0.497 e. The number of aromatic nitrogens is 2. The molecule has 1 N–H and O–H groups in total. The Morgan fingerprint density at radius 1 is 1.22 bits per heavy atom. The number of ether oxygens (including phenoxy) is 1. The molecule has 1 aromatic carbocycles. The van der Waals surface area contributed by atoms with Crippen molar-refractivity contribution in [2.75, 3.05) is 26.7 Å². The molecule has 7 heteroatoms. The van der Waals surface area contributed by atoms with Gasteiger partial charge < -0.3 is 14.6 Å². The molecule has 2 bridgehead atoms. The lowest BCUT2D eigenvalue weighted by molar-refractivity contribution is 0.0582. The van der Waals surface area contributed by atoms with Crippen LogP contribution in [0.15, 0.2) is 41.6 Å². The van der Waals surface area contributed by atoms with E-state index in [0.717, 1.165) is 38.2 Å². The maximum absolute atomic E-state index is 12.9. The number of methoxy groups -OCH3 is 1. The van der Waals surface area contributed by atoms with Crippen LogP contribution in [0.25, 0.3) is 0 Å². The number of carbonyl (C=O) groups is 1. The van der Waals surface area contributed by atoms with Crippen molar-refractivity contribution < 1.29 is 9.53 Å². The fraction of sp³-hybridized carbons (Fsp3) is 0.450. The molecule has 3 aliphatic heterocycles. The quantitative estimate of drug-likeness (QED) is 0.885. The van der Waals surface area contributed by atoms with Crippen molar-refractivity contribution in [1.82, 2.24) is 19.8 Å². The minimum atomic E-state index is -0.370. The van der Waals surface area contributed by atoms with Crippen molar-refractivity contribution in [3.05, 3.63) is 58.3 Å². The molecule has 7 nitrogen and oxygen atoms in total. The zero-order valence-corrected chi connectivity index (χ0v) is 15.4. The fourth-order valence-corrected chi connectivity index (χ4v) is 4.20. The highest BCUT2D eigenvalue weighted by atomic mass is 16.5. The third-order valence-corrected chi connectivity index (χ3v) is 5.56. The standard InChI is InChI=1S/C20H24N4O3/c1-27-17-6-3-14(4-7-17)9-23-10-15-2-5-16(12-23)24(11-15)20(26)18-8-21-13-22-19(18)25/h3-4,6-8,13,15-16H,2,5,9-12H2,1H3,(H,21,22,25)/t15-,16+/m1/s1. The van der Waals surface area contributed by atoms with E-state index in [1.807, 2.05) is 17.0 Å². The second-order valence-corrected chi connectivity index (χ2v) is 7.39. The van der Waals surface area contributed by atoms with Gasteiger partial charge in [0.25, 0.3) is 11.5 Å². The smallest absolute Gasteiger partial charge is 0.263 e. The molecule has 4 heterocycles. The molecular formula is C20H24N4O3. The van der Waals surface area contributed by atoms with Crippen LogP contribution in [-0.2, 0) is 6.54 Å². The van der Waals surface area contributed by atoms with E-state index in [4.69, 9.17) is 4.74 Å². The van der Waals surface area contributed by atoms with E-state index < -0.39 is 0 Å². The molecule has 3 fully saturated rings. The lowest BCUT2D eigenvalue weighted by Crippen LogP contribution is -2.48. The van der Waals surface area contributed by atoms with E-state index in [2.05, 4.69) is 27.0 Å². The van der Waals surface area contributed by atoms with Crippen LogP contribution >= 0.6 is 0 Å². The number of hydrogen-bond acceptors (Lipinski definition) is 5.